The highest BCUT2D eigenvalue weighted by molar-refractivity contribution is 6.34. The number of methoxy groups -OCH3 is 1. The predicted octanol–water partition coefficient (Wildman–Crippen LogP) is 3.97. The number of ether oxygens (including phenoxy) is 1. The Morgan fingerprint density at radius 3 is 2.50 bits per heavy atom. The van der Waals surface area contributed by atoms with Gasteiger partial charge in [0.05, 0.1) is 12.1 Å². The van der Waals surface area contributed by atoms with Crippen LogP contribution >= 0.6 is 11.6 Å². The highest BCUT2D eigenvalue weighted by atomic mass is 35.5. The summed E-state index contributed by atoms with van der Waals surface area (Å²) in [5.41, 5.74) is 0.187. The van der Waals surface area contributed by atoms with Crippen LogP contribution in [-0.2, 0) is 0 Å². The van der Waals surface area contributed by atoms with Gasteiger partial charge in [0.25, 0.3) is 0 Å². The summed E-state index contributed by atoms with van der Waals surface area (Å²) < 4.78 is 5.05. The van der Waals surface area contributed by atoms with Crippen molar-refractivity contribution < 1.29 is 9.53 Å². The van der Waals surface area contributed by atoms with E-state index in [2.05, 4.69) is 0 Å². The number of rotatable bonds is 4. The highest BCUT2D eigenvalue weighted by Crippen LogP contribution is 2.31. The Kier molecular flexibility index (Phi) is 3.98. The summed E-state index contributed by atoms with van der Waals surface area (Å²) in [6.45, 7) is 5.85. The highest BCUT2D eigenvalue weighted by Gasteiger charge is 2.28. The molecule has 88 valence electrons. The van der Waals surface area contributed by atoms with Gasteiger partial charge in [0.15, 0.2) is 5.78 Å². The minimum absolute atomic E-state index is 0.0719. The first-order chi connectivity index (χ1) is 7.42. The molecule has 1 aromatic rings. The first-order valence-corrected chi connectivity index (χ1v) is 5.68. The van der Waals surface area contributed by atoms with Gasteiger partial charge in [-0.25, -0.2) is 0 Å². The van der Waals surface area contributed by atoms with Crippen LogP contribution in [0.25, 0.3) is 0 Å². The van der Waals surface area contributed by atoms with Crippen LogP contribution in [-0.4, -0.2) is 12.9 Å². The van der Waals surface area contributed by atoms with Crippen molar-refractivity contribution >= 4 is 17.4 Å². The van der Waals surface area contributed by atoms with Crippen LogP contribution in [0.3, 0.4) is 0 Å². The number of halogens is 1. The van der Waals surface area contributed by atoms with E-state index in [1.165, 1.54) is 0 Å². The molecule has 0 aliphatic heterocycles. The molecule has 1 aromatic carbocycles. The number of hydrogen-bond acceptors (Lipinski definition) is 2. The predicted molar refractivity (Wildman–Crippen MR) is 66.4 cm³/mol. The summed E-state index contributed by atoms with van der Waals surface area (Å²) in [6.07, 6.45) is 0.786. The minimum atomic E-state index is -0.377. The molecule has 2 nitrogen and oxygen atoms in total. The van der Waals surface area contributed by atoms with Crippen molar-refractivity contribution in [2.24, 2.45) is 5.41 Å². The normalized spacial score (nSPS) is 11.3. The summed E-state index contributed by atoms with van der Waals surface area (Å²) in [5, 5.41) is 0.450. The maximum Gasteiger partial charge on any atom is 0.169 e. The zero-order chi connectivity index (χ0) is 12.3. The van der Waals surface area contributed by atoms with Gasteiger partial charge in [-0.1, -0.05) is 32.4 Å². The Morgan fingerprint density at radius 2 is 2.06 bits per heavy atom. The molecule has 0 fully saturated rings. The third kappa shape index (κ3) is 2.56. The molecular weight excluding hydrogens is 224 g/mol. The van der Waals surface area contributed by atoms with Crippen molar-refractivity contribution in [1.82, 2.24) is 0 Å². The van der Waals surface area contributed by atoms with E-state index in [1.54, 1.807) is 25.3 Å². The fraction of sp³-hybridized carbons (Fsp3) is 0.462. The van der Waals surface area contributed by atoms with E-state index >= 15 is 0 Å². The Labute approximate surface area is 102 Å². The first kappa shape index (κ1) is 13.0. The molecule has 0 radical (unpaired) electrons. The van der Waals surface area contributed by atoms with Crippen molar-refractivity contribution in [1.29, 1.82) is 0 Å². The van der Waals surface area contributed by atoms with Crippen LogP contribution in [0.1, 0.15) is 37.6 Å². The average molecular weight is 241 g/mol. The number of benzene rings is 1. The van der Waals surface area contributed by atoms with Crippen molar-refractivity contribution in [3.63, 3.8) is 0 Å². The summed E-state index contributed by atoms with van der Waals surface area (Å²) in [7, 11) is 1.57. The molecule has 0 bridgehead atoms. The molecule has 1 rings (SSSR count). The number of carbonyl (C=O) groups is 1. The van der Waals surface area contributed by atoms with E-state index in [9.17, 15) is 4.79 Å². The van der Waals surface area contributed by atoms with Crippen molar-refractivity contribution in [2.75, 3.05) is 7.11 Å². The Bertz CT molecular complexity index is 397. The molecule has 0 saturated carbocycles. The number of hydrogen-bond donors (Lipinski definition) is 0. The third-order valence-electron chi connectivity index (χ3n) is 2.92. The van der Waals surface area contributed by atoms with Gasteiger partial charge < -0.3 is 4.74 Å². The molecule has 0 N–H and O–H groups in total. The lowest BCUT2D eigenvalue weighted by molar-refractivity contribution is 0.0833. The lowest BCUT2D eigenvalue weighted by Crippen LogP contribution is -2.23. The number of Topliss-reactive ketones (excluding diaryl/α,β-unsaturated/α-hetero) is 1. The molecule has 3 heteroatoms. The zero-order valence-electron chi connectivity index (χ0n) is 10.1. The summed E-state index contributed by atoms with van der Waals surface area (Å²) in [5.74, 6) is 0.735. The summed E-state index contributed by atoms with van der Waals surface area (Å²) in [4.78, 5) is 12.2. The van der Waals surface area contributed by atoms with E-state index < -0.39 is 0 Å². The fourth-order valence-corrected chi connectivity index (χ4v) is 1.59. The average Bonchev–Trinajstić information content (AvgIpc) is 2.28. The molecule has 0 heterocycles. The maximum atomic E-state index is 12.2. The van der Waals surface area contributed by atoms with E-state index in [1.807, 2.05) is 20.8 Å². The van der Waals surface area contributed by atoms with Crippen LogP contribution in [0, 0.1) is 5.41 Å². The Balaban J connectivity index is 3.10. The van der Waals surface area contributed by atoms with Gasteiger partial charge in [-0.05, 0) is 24.6 Å². The molecule has 0 unspecified atom stereocenters. The largest absolute Gasteiger partial charge is 0.497 e. The smallest absolute Gasteiger partial charge is 0.169 e. The van der Waals surface area contributed by atoms with Crippen molar-refractivity contribution in [3.8, 4) is 5.75 Å². The van der Waals surface area contributed by atoms with Crippen LogP contribution in [0.2, 0.25) is 5.02 Å². The topological polar surface area (TPSA) is 26.3 Å². The number of carbonyl (C=O) groups excluding carboxylic acids is 1. The van der Waals surface area contributed by atoms with E-state index in [0.717, 1.165) is 6.42 Å². The van der Waals surface area contributed by atoms with Crippen molar-refractivity contribution in [3.05, 3.63) is 28.8 Å². The molecular formula is C13H17ClO2. The van der Waals surface area contributed by atoms with Crippen LogP contribution < -0.4 is 4.74 Å². The van der Waals surface area contributed by atoms with Crippen molar-refractivity contribution in [2.45, 2.75) is 27.2 Å². The molecule has 16 heavy (non-hydrogen) atoms. The second-order valence-electron chi connectivity index (χ2n) is 4.41. The molecule has 0 atom stereocenters. The van der Waals surface area contributed by atoms with Gasteiger partial charge in [-0.2, -0.15) is 0 Å². The fourth-order valence-electron chi connectivity index (χ4n) is 1.33. The molecule has 0 saturated heterocycles. The molecule has 0 aromatic heterocycles. The van der Waals surface area contributed by atoms with E-state index in [0.29, 0.717) is 16.3 Å². The van der Waals surface area contributed by atoms with Gasteiger partial charge in [-0.15, -0.1) is 0 Å². The molecule has 0 amide bonds. The zero-order valence-corrected chi connectivity index (χ0v) is 10.9. The first-order valence-electron chi connectivity index (χ1n) is 5.30. The summed E-state index contributed by atoms with van der Waals surface area (Å²) in [6, 6.07) is 5.15. The van der Waals surface area contributed by atoms with Gasteiger partial charge >= 0.3 is 0 Å². The third-order valence-corrected chi connectivity index (χ3v) is 3.23. The van der Waals surface area contributed by atoms with E-state index in [4.69, 9.17) is 16.3 Å². The molecule has 0 spiro atoms. The Morgan fingerprint density at radius 1 is 1.44 bits per heavy atom. The van der Waals surface area contributed by atoms with Crippen LogP contribution in [0.4, 0.5) is 0 Å². The van der Waals surface area contributed by atoms with Gasteiger partial charge in [-0.3, -0.25) is 4.79 Å². The molecule has 0 aliphatic rings. The van der Waals surface area contributed by atoms with Gasteiger partial charge in [0, 0.05) is 11.0 Å². The van der Waals surface area contributed by atoms with Gasteiger partial charge in [0.1, 0.15) is 5.75 Å². The van der Waals surface area contributed by atoms with E-state index in [-0.39, 0.29) is 11.2 Å². The van der Waals surface area contributed by atoms with Gasteiger partial charge in [0.2, 0.25) is 0 Å². The second-order valence-corrected chi connectivity index (χ2v) is 4.82. The van der Waals surface area contributed by atoms with Crippen LogP contribution in [0.15, 0.2) is 18.2 Å². The standard InChI is InChI=1S/C13H17ClO2/c1-5-13(2,3)12(15)10-7-6-9(16-4)8-11(10)14/h6-8H,5H2,1-4H3. The quantitative estimate of drug-likeness (QED) is 0.745. The monoisotopic (exact) mass is 240 g/mol. The minimum Gasteiger partial charge on any atom is -0.497 e. The Hall–Kier alpha value is -1.02. The van der Waals surface area contributed by atoms with Crippen LogP contribution in [0.5, 0.6) is 5.75 Å². The lowest BCUT2D eigenvalue weighted by atomic mass is 9.82. The summed E-state index contributed by atoms with van der Waals surface area (Å²) >= 11 is 6.07. The maximum absolute atomic E-state index is 12.2. The second kappa shape index (κ2) is 4.88. The number of ketones is 1. The molecule has 0 aliphatic carbocycles. The lowest BCUT2D eigenvalue weighted by Gasteiger charge is -2.21. The SMILES string of the molecule is CCC(C)(C)C(=O)c1ccc(OC)cc1Cl.